The fourth-order valence-electron chi connectivity index (χ4n) is 2.04. The number of nitrogens with zero attached hydrogens (tertiary/aromatic N) is 1. The van der Waals surface area contributed by atoms with Gasteiger partial charge in [0.1, 0.15) is 6.04 Å². The molecular formula is C17H15NO2S. The summed E-state index contributed by atoms with van der Waals surface area (Å²) in [5, 5.41) is 0. The molecule has 3 nitrogen and oxygen atoms in total. The molecule has 0 radical (unpaired) electrons. The highest BCUT2D eigenvalue weighted by molar-refractivity contribution is 7.89. The quantitative estimate of drug-likeness (QED) is 0.630. The second-order valence-electron chi connectivity index (χ2n) is 5.04. The van der Waals surface area contributed by atoms with Crippen molar-refractivity contribution in [3.05, 3.63) is 65.7 Å². The fourth-order valence-corrected chi connectivity index (χ4v) is 3.52. The Hall–Kier alpha value is -2.09. The second-order valence-corrected chi connectivity index (χ2v) is 6.93. The van der Waals surface area contributed by atoms with Crippen molar-refractivity contribution in [3.8, 4) is 11.8 Å². The number of sulfonamides is 1. The zero-order valence-electron chi connectivity index (χ0n) is 11.7. The van der Waals surface area contributed by atoms with E-state index in [0.717, 1.165) is 11.1 Å². The molecule has 1 fully saturated rings. The van der Waals surface area contributed by atoms with Gasteiger partial charge in [0, 0.05) is 12.1 Å². The van der Waals surface area contributed by atoms with Crippen molar-refractivity contribution in [2.45, 2.75) is 17.9 Å². The lowest BCUT2D eigenvalue weighted by atomic mass is 10.2. The molecule has 106 valence electrons. The predicted molar refractivity (Wildman–Crippen MR) is 82.2 cm³/mol. The van der Waals surface area contributed by atoms with E-state index >= 15 is 0 Å². The van der Waals surface area contributed by atoms with Gasteiger partial charge in [-0.1, -0.05) is 47.7 Å². The van der Waals surface area contributed by atoms with Gasteiger partial charge in [0.25, 0.3) is 0 Å². The highest BCUT2D eigenvalue weighted by atomic mass is 32.2. The van der Waals surface area contributed by atoms with E-state index in [4.69, 9.17) is 0 Å². The second kappa shape index (κ2) is 5.36. The minimum atomic E-state index is -3.41. The molecule has 1 unspecified atom stereocenters. The number of hydrogen-bond acceptors (Lipinski definition) is 2. The van der Waals surface area contributed by atoms with Gasteiger partial charge in [-0.25, -0.2) is 8.42 Å². The maximum Gasteiger partial charge on any atom is 0.244 e. The molecule has 0 spiro atoms. The smallest absolute Gasteiger partial charge is 0.207 e. The largest absolute Gasteiger partial charge is 0.244 e. The van der Waals surface area contributed by atoms with Gasteiger partial charge in [0.15, 0.2) is 0 Å². The number of aryl methyl sites for hydroxylation is 1. The zero-order chi connectivity index (χ0) is 14.9. The molecule has 1 aliphatic heterocycles. The molecule has 3 rings (SSSR count). The monoisotopic (exact) mass is 297 g/mol. The highest BCUT2D eigenvalue weighted by Gasteiger charge is 2.43. The van der Waals surface area contributed by atoms with Crippen LogP contribution in [0.1, 0.15) is 11.1 Å². The summed E-state index contributed by atoms with van der Waals surface area (Å²) in [7, 11) is -3.41. The Morgan fingerprint density at radius 3 is 2.38 bits per heavy atom. The van der Waals surface area contributed by atoms with Crippen LogP contribution in [0.3, 0.4) is 0 Å². The van der Waals surface area contributed by atoms with Crippen molar-refractivity contribution in [3.63, 3.8) is 0 Å². The average molecular weight is 297 g/mol. The zero-order valence-corrected chi connectivity index (χ0v) is 12.5. The summed E-state index contributed by atoms with van der Waals surface area (Å²) in [6.45, 7) is 2.40. The summed E-state index contributed by atoms with van der Waals surface area (Å²) in [4.78, 5) is 0.331. The molecule has 1 aliphatic rings. The van der Waals surface area contributed by atoms with Crippen molar-refractivity contribution < 1.29 is 8.42 Å². The van der Waals surface area contributed by atoms with Gasteiger partial charge in [-0.05, 0) is 31.2 Å². The van der Waals surface area contributed by atoms with Crippen molar-refractivity contribution in [1.82, 2.24) is 4.31 Å². The molecule has 2 aromatic carbocycles. The van der Waals surface area contributed by atoms with E-state index in [1.165, 1.54) is 4.31 Å². The number of rotatable bonds is 2. The first-order valence-electron chi connectivity index (χ1n) is 6.72. The van der Waals surface area contributed by atoms with Crippen LogP contribution in [-0.2, 0) is 10.0 Å². The molecule has 0 amide bonds. The Morgan fingerprint density at radius 1 is 1.05 bits per heavy atom. The molecule has 0 bridgehead atoms. The maximum atomic E-state index is 12.4. The molecule has 1 heterocycles. The predicted octanol–water partition coefficient (Wildman–Crippen LogP) is 2.42. The van der Waals surface area contributed by atoms with Crippen LogP contribution in [0, 0.1) is 18.8 Å². The Bertz CT molecular complexity index is 799. The van der Waals surface area contributed by atoms with E-state index < -0.39 is 10.0 Å². The van der Waals surface area contributed by atoms with Crippen LogP contribution in [0.15, 0.2) is 59.5 Å². The lowest BCUT2D eigenvalue weighted by molar-refractivity contribution is 0.559. The first-order valence-corrected chi connectivity index (χ1v) is 8.16. The summed E-state index contributed by atoms with van der Waals surface area (Å²) in [5.74, 6) is 6.02. The average Bonchev–Trinajstić information content (AvgIpc) is 3.27. The lowest BCUT2D eigenvalue weighted by Crippen LogP contribution is -2.14. The topological polar surface area (TPSA) is 37.1 Å². The van der Waals surface area contributed by atoms with Gasteiger partial charge in [-0.15, -0.1) is 0 Å². The third-order valence-corrected chi connectivity index (χ3v) is 5.24. The summed E-state index contributed by atoms with van der Waals surface area (Å²) in [6.07, 6.45) is 0. The van der Waals surface area contributed by atoms with Crippen molar-refractivity contribution in [2.75, 3.05) is 6.54 Å². The molecule has 21 heavy (non-hydrogen) atoms. The first kappa shape index (κ1) is 13.9. The standard InChI is InChI=1S/C17H15NO2S/c1-14-7-11-17(12-8-14)21(19,20)18-13-16(18)10-9-15-5-3-2-4-6-15/h2-8,11-12,16H,13H2,1H3/t16-,18?/m0/s1. The molecular weight excluding hydrogens is 282 g/mol. The minimum absolute atomic E-state index is 0.212. The molecule has 4 heteroatoms. The molecule has 0 aliphatic carbocycles. The highest BCUT2D eigenvalue weighted by Crippen LogP contribution is 2.27. The van der Waals surface area contributed by atoms with E-state index in [-0.39, 0.29) is 6.04 Å². The number of benzene rings is 2. The normalized spacial score (nSPS) is 20.4. The Balaban J connectivity index is 1.76. The summed E-state index contributed by atoms with van der Waals surface area (Å²) in [5.41, 5.74) is 1.94. The minimum Gasteiger partial charge on any atom is -0.207 e. The van der Waals surface area contributed by atoms with Crippen LogP contribution in [0.25, 0.3) is 0 Å². The third-order valence-electron chi connectivity index (χ3n) is 3.35. The van der Waals surface area contributed by atoms with Crippen molar-refractivity contribution in [1.29, 1.82) is 0 Å². The van der Waals surface area contributed by atoms with Crippen LogP contribution in [0.4, 0.5) is 0 Å². The molecule has 1 saturated heterocycles. The van der Waals surface area contributed by atoms with E-state index in [1.54, 1.807) is 24.3 Å². The summed E-state index contributed by atoms with van der Waals surface area (Å²) < 4.78 is 26.2. The SMILES string of the molecule is Cc1ccc(S(=O)(=O)N2C[C@@H]2C#Cc2ccccc2)cc1. The van der Waals surface area contributed by atoms with E-state index in [0.29, 0.717) is 11.4 Å². The molecule has 2 atom stereocenters. The van der Waals surface area contributed by atoms with Gasteiger partial charge in [-0.3, -0.25) is 0 Å². The Labute approximate surface area is 125 Å². The summed E-state index contributed by atoms with van der Waals surface area (Å²) >= 11 is 0. The lowest BCUT2D eigenvalue weighted by Gasteiger charge is -2.04. The van der Waals surface area contributed by atoms with Gasteiger partial charge in [0.2, 0.25) is 10.0 Å². The van der Waals surface area contributed by atoms with E-state index in [9.17, 15) is 8.42 Å². The van der Waals surface area contributed by atoms with Crippen LogP contribution in [-0.4, -0.2) is 25.3 Å². The Morgan fingerprint density at radius 2 is 1.71 bits per heavy atom. The molecule has 0 saturated carbocycles. The maximum absolute atomic E-state index is 12.4. The van der Waals surface area contributed by atoms with Crippen LogP contribution >= 0.6 is 0 Å². The Kier molecular flexibility index (Phi) is 3.54. The van der Waals surface area contributed by atoms with Gasteiger partial charge < -0.3 is 0 Å². The molecule has 2 aromatic rings. The summed E-state index contributed by atoms with van der Waals surface area (Å²) in [6, 6.07) is 16.3. The first-order chi connectivity index (χ1) is 10.1. The van der Waals surface area contributed by atoms with Crippen molar-refractivity contribution in [2.24, 2.45) is 0 Å². The molecule has 0 N–H and O–H groups in total. The van der Waals surface area contributed by atoms with E-state index in [2.05, 4.69) is 11.8 Å². The van der Waals surface area contributed by atoms with Gasteiger partial charge >= 0.3 is 0 Å². The number of hydrogen-bond donors (Lipinski definition) is 0. The van der Waals surface area contributed by atoms with Crippen LogP contribution in [0.2, 0.25) is 0 Å². The third kappa shape index (κ3) is 2.99. The van der Waals surface area contributed by atoms with Gasteiger partial charge in [-0.2, -0.15) is 4.31 Å². The van der Waals surface area contributed by atoms with Gasteiger partial charge in [0.05, 0.1) is 4.90 Å². The fraction of sp³-hybridized carbons (Fsp3) is 0.176. The van der Waals surface area contributed by atoms with Crippen LogP contribution in [0.5, 0.6) is 0 Å². The van der Waals surface area contributed by atoms with E-state index in [1.807, 2.05) is 37.3 Å². The molecule has 0 aromatic heterocycles. The van der Waals surface area contributed by atoms with Crippen molar-refractivity contribution >= 4 is 10.0 Å². The van der Waals surface area contributed by atoms with Crippen LogP contribution < -0.4 is 0 Å².